The zero-order valence-electron chi connectivity index (χ0n) is 6.43. The van der Waals surface area contributed by atoms with Gasteiger partial charge in [-0.1, -0.05) is 10.9 Å². The van der Waals surface area contributed by atoms with Gasteiger partial charge in [-0.05, 0) is 17.3 Å². The molecule has 0 saturated carbocycles. The molecular formula is C7H7N3O2. The highest BCUT2D eigenvalue weighted by Crippen LogP contribution is 2.20. The first-order valence-electron chi connectivity index (χ1n) is 3.41. The van der Waals surface area contributed by atoms with Crippen LogP contribution in [0.2, 0.25) is 0 Å². The first-order valence-corrected chi connectivity index (χ1v) is 3.41. The van der Waals surface area contributed by atoms with Crippen molar-refractivity contribution < 1.29 is 9.94 Å². The van der Waals surface area contributed by atoms with Gasteiger partial charge in [0.1, 0.15) is 18.4 Å². The van der Waals surface area contributed by atoms with Crippen LogP contribution in [0.4, 0.5) is 0 Å². The normalized spacial score (nSPS) is 10.4. The van der Waals surface area contributed by atoms with Crippen LogP contribution in [0.5, 0.6) is 5.75 Å². The zero-order valence-corrected chi connectivity index (χ0v) is 6.43. The molecule has 62 valence electrons. The fraction of sp³-hybridized carbons (Fsp3) is 0.143. The Labute approximate surface area is 68.1 Å². The van der Waals surface area contributed by atoms with E-state index in [1.54, 1.807) is 18.2 Å². The second-order valence-electron chi connectivity index (χ2n) is 2.29. The SMILES string of the molecule is COn1nnc2cccc(O)c21. The van der Waals surface area contributed by atoms with Crippen LogP contribution in [0.15, 0.2) is 18.2 Å². The Morgan fingerprint density at radius 2 is 2.33 bits per heavy atom. The summed E-state index contributed by atoms with van der Waals surface area (Å²) in [5.74, 6) is 0.111. The lowest BCUT2D eigenvalue weighted by molar-refractivity contribution is 0.138. The van der Waals surface area contributed by atoms with Gasteiger partial charge in [-0.15, -0.1) is 5.10 Å². The third kappa shape index (κ3) is 0.795. The molecule has 5 heteroatoms. The van der Waals surface area contributed by atoms with Crippen molar-refractivity contribution >= 4 is 11.0 Å². The maximum absolute atomic E-state index is 9.39. The predicted molar refractivity (Wildman–Crippen MR) is 41.7 cm³/mol. The van der Waals surface area contributed by atoms with Crippen LogP contribution in [0, 0.1) is 0 Å². The highest BCUT2D eigenvalue weighted by Gasteiger charge is 2.07. The predicted octanol–water partition coefficient (Wildman–Crippen LogP) is 0.195. The van der Waals surface area contributed by atoms with Crippen LogP contribution >= 0.6 is 0 Å². The van der Waals surface area contributed by atoms with Crippen molar-refractivity contribution in [1.29, 1.82) is 0 Å². The minimum atomic E-state index is 0.111. The van der Waals surface area contributed by atoms with Gasteiger partial charge in [0.15, 0.2) is 5.52 Å². The Balaban J connectivity index is 2.83. The van der Waals surface area contributed by atoms with E-state index in [1.165, 1.54) is 12.0 Å². The molecule has 0 bridgehead atoms. The van der Waals surface area contributed by atoms with E-state index in [4.69, 9.17) is 4.84 Å². The fourth-order valence-electron chi connectivity index (χ4n) is 1.06. The first kappa shape index (κ1) is 6.90. The van der Waals surface area contributed by atoms with Crippen LogP contribution in [0.3, 0.4) is 0 Å². The largest absolute Gasteiger partial charge is 0.505 e. The van der Waals surface area contributed by atoms with Crippen LogP contribution in [0.25, 0.3) is 11.0 Å². The molecule has 0 atom stereocenters. The summed E-state index contributed by atoms with van der Waals surface area (Å²) >= 11 is 0. The standard InChI is InChI=1S/C7H7N3O2/c1-12-10-7-5(8-9-10)3-2-4-6(7)11/h2-4,11H,1H3. The molecule has 2 rings (SSSR count). The van der Waals surface area contributed by atoms with Crippen molar-refractivity contribution in [2.75, 3.05) is 7.11 Å². The van der Waals surface area contributed by atoms with E-state index in [-0.39, 0.29) is 5.75 Å². The van der Waals surface area contributed by atoms with Crippen LogP contribution < -0.4 is 4.84 Å². The number of nitrogens with zero attached hydrogens (tertiary/aromatic N) is 3. The Morgan fingerprint density at radius 1 is 1.50 bits per heavy atom. The molecule has 0 fully saturated rings. The van der Waals surface area contributed by atoms with Gasteiger partial charge in [-0.3, -0.25) is 0 Å². The van der Waals surface area contributed by atoms with Crippen LogP contribution in [0.1, 0.15) is 0 Å². The highest BCUT2D eigenvalue weighted by atomic mass is 16.7. The van der Waals surface area contributed by atoms with Crippen molar-refractivity contribution in [3.63, 3.8) is 0 Å². The summed E-state index contributed by atoms with van der Waals surface area (Å²) in [5.41, 5.74) is 1.09. The van der Waals surface area contributed by atoms with Crippen LogP contribution in [-0.2, 0) is 0 Å². The summed E-state index contributed by atoms with van der Waals surface area (Å²) in [4.78, 5) is 6.00. The Morgan fingerprint density at radius 3 is 3.08 bits per heavy atom. The molecule has 1 aromatic heterocycles. The van der Waals surface area contributed by atoms with Gasteiger partial charge < -0.3 is 9.94 Å². The van der Waals surface area contributed by atoms with E-state index >= 15 is 0 Å². The number of phenolic OH excluding ortho intramolecular Hbond substituents is 1. The lowest BCUT2D eigenvalue weighted by Crippen LogP contribution is -2.07. The third-order valence-electron chi connectivity index (χ3n) is 1.59. The third-order valence-corrected chi connectivity index (χ3v) is 1.59. The molecular weight excluding hydrogens is 158 g/mol. The van der Waals surface area contributed by atoms with Gasteiger partial charge in [0.2, 0.25) is 0 Å². The van der Waals surface area contributed by atoms with Gasteiger partial charge in [-0.25, -0.2) is 0 Å². The van der Waals surface area contributed by atoms with Crippen molar-refractivity contribution in [1.82, 2.24) is 15.2 Å². The molecule has 2 aromatic rings. The fourth-order valence-corrected chi connectivity index (χ4v) is 1.06. The molecule has 0 amide bonds. The van der Waals surface area contributed by atoms with E-state index < -0.39 is 0 Å². The number of para-hydroxylation sites is 1. The van der Waals surface area contributed by atoms with Crippen molar-refractivity contribution in [2.45, 2.75) is 0 Å². The molecule has 0 aliphatic carbocycles. The zero-order chi connectivity index (χ0) is 8.55. The number of benzene rings is 1. The number of hydrogen-bond acceptors (Lipinski definition) is 4. The molecule has 12 heavy (non-hydrogen) atoms. The van der Waals surface area contributed by atoms with Gasteiger partial charge in [0, 0.05) is 0 Å². The lowest BCUT2D eigenvalue weighted by atomic mass is 10.3. The monoisotopic (exact) mass is 165 g/mol. The van der Waals surface area contributed by atoms with Gasteiger partial charge >= 0.3 is 0 Å². The molecule has 1 N–H and O–H groups in total. The van der Waals surface area contributed by atoms with Gasteiger partial charge in [0.25, 0.3) is 0 Å². The Bertz CT molecular complexity index is 410. The molecule has 0 aliphatic heterocycles. The highest BCUT2D eigenvalue weighted by molar-refractivity contribution is 5.80. The topological polar surface area (TPSA) is 60.2 Å². The maximum Gasteiger partial charge on any atom is 0.172 e. The molecule has 1 aromatic carbocycles. The van der Waals surface area contributed by atoms with Crippen LogP contribution in [-0.4, -0.2) is 27.4 Å². The summed E-state index contributed by atoms with van der Waals surface area (Å²) in [6.07, 6.45) is 0. The molecule has 0 unspecified atom stereocenters. The quantitative estimate of drug-likeness (QED) is 0.655. The molecule has 0 aliphatic rings. The number of fused-ring (bicyclic) bond motifs is 1. The van der Waals surface area contributed by atoms with Crippen molar-refractivity contribution in [3.8, 4) is 5.75 Å². The van der Waals surface area contributed by atoms with E-state index in [9.17, 15) is 5.11 Å². The van der Waals surface area contributed by atoms with Gasteiger partial charge in [-0.2, -0.15) is 0 Å². The summed E-state index contributed by atoms with van der Waals surface area (Å²) in [6.45, 7) is 0. The van der Waals surface area contributed by atoms with Crippen molar-refractivity contribution in [3.05, 3.63) is 18.2 Å². The lowest BCUT2D eigenvalue weighted by Gasteiger charge is -1.98. The second kappa shape index (κ2) is 2.37. The average molecular weight is 165 g/mol. The molecule has 0 spiro atoms. The van der Waals surface area contributed by atoms with E-state index in [1.807, 2.05) is 0 Å². The summed E-state index contributed by atoms with van der Waals surface area (Å²) < 4.78 is 0. The van der Waals surface area contributed by atoms with Gasteiger partial charge in [0.05, 0.1) is 0 Å². The Hall–Kier alpha value is -1.78. The molecule has 0 radical (unpaired) electrons. The number of rotatable bonds is 1. The number of phenols is 1. The molecule has 5 nitrogen and oxygen atoms in total. The summed E-state index contributed by atoms with van der Waals surface area (Å²) in [6, 6.07) is 5.01. The Kier molecular flexibility index (Phi) is 1.36. The number of aromatic hydroxyl groups is 1. The smallest absolute Gasteiger partial charge is 0.172 e. The first-order chi connectivity index (χ1) is 5.83. The summed E-state index contributed by atoms with van der Waals surface area (Å²) in [7, 11) is 1.46. The molecule has 1 heterocycles. The minimum Gasteiger partial charge on any atom is -0.505 e. The van der Waals surface area contributed by atoms with E-state index in [0.29, 0.717) is 11.0 Å². The van der Waals surface area contributed by atoms with E-state index in [2.05, 4.69) is 10.3 Å². The number of hydrogen-bond donors (Lipinski definition) is 1. The minimum absolute atomic E-state index is 0.111. The van der Waals surface area contributed by atoms with E-state index in [0.717, 1.165) is 0 Å². The average Bonchev–Trinajstić information content (AvgIpc) is 2.49. The molecule has 0 saturated heterocycles. The maximum atomic E-state index is 9.39. The number of aromatic nitrogens is 3. The second-order valence-corrected chi connectivity index (χ2v) is 2.29. The summed E-state index contributed by atoms with van der Waals surface area (Å²) in [5, 5.41) is 16.8. The van der Waals surface area contributed by atoms with Crippen molar-refractivity contribution in [2.24, 2.45) is 0 Å².